The van der Waals surface area contributed by atoms with Crippen LogP contribution in [-0.2, 0) is 11.3 Å². The van der Waals surface area contributed by atoms with Crippen LogP contribution in [0.25, 0.3) is 10.9 Å². The second-order valence-corrected chi connectivity index (χ2v) is 7.67. The number of benzene rings is 2. The fraction of sp³-hybridized carbons (Fsp3) is 0.318. The summed E-state index contributed by atoms with van der Waals surface area (Å²) in [4.78, 5) is 29.0. The number of fused-ring (bicyclic) bond motifs is 1. The van der Waals surface area contributed by atoms with Gasteiger partial charge in [-0.1, -0.05) is 49.7 Å². The minimum absolute atomic E-state index is 0.0377. The zero-order chi connectivity index (χ0) is 20.1. The number of carbonyl (C=O) groups excluding carboxylic acids is 1. The summed E-state index contributed by atoms with van der Waals surface area (Å²) in [6, 6.07) is 15.0. The molecule has 2 aromatic carbocycles. The molecule has 0 fully saturated rings. The maximum Gasteiger partial charge on any atom is 0.261 e. The second-order valence-electron chi connectivity index (χ2n) is 7.24. The third kappa shape index (κ3) is 4.78. The highest BCUT2D eigenvalue weighted by Crippen LogP contribution is 2.28. The Hall–Kier alpha value is -2.66. The lowest BCUT2D eigenvalue weighted by Gasteiger charge is -2.21. The van der Waals surface area contributed by atoms with E-state index in [1.807, 2.05) is 30.3 Å². The third-order valence-electron chi connectivity index (χ3n) is 4.93. The van der Waals surface area contributed by atoms with Gasteiger partial charge < -0.3 is 5.32 Å². The van der Waals surface area contributed by atoms with Gasteiger partial charge in [0.1, 0.15) is 6.54 Å². The van der Waals surface area contributed by atoms with Crippen molar-refractivity contribution in [3.05, 3.63) is 75.8 Å². The number of amides is 1. The Bertz CT molecular complexity index is 1010. The molecule has 0 bridgehead atoms. The van der Waals surface area contributed by atoms with Gasteiger partial charge in [-0.05, 0) is 48.1 Å². The van der Waals surface area contributed by atoms with E-state index in [0.717, 1.165) is 6.42 Å². The van der Waals surface area contributed by atoms with Gasteiger partial charge in [-0.3, -0.25) is 14.2 Å². The summed E-state index contributed by atoms with van der Waals surface area (Å²) in [6.07, 6.45) is 2.24. The Labute approximate surface area is 169 Å². The highest BCUT2D eigenvalue weighted by Gasteiger charge is 2.16. The first-order valence-corrected chi connectivity index (χ1v) is 9.80. The first kappa shape index (κ1) is 20.1. The smallest absolute Gasteiger partial charge is 0.261 e. The highest BCUT2D eigenvalue weighted by molar-refractivity contribution is 6.30. The summed E-state index contributed by atoms with van der Waals surface area (Å²) in [7, 11) is 0. The Balaban J connectivity index is 1.60. The number of hydrogen-bond donors (Lipinski definition) is 1. The Morgan fingerprint density at radius 2 is 1.86 bits per heavy atom. The topological polar surface area (TPSA) is 64.0 Å². The summed E-state index contributed by atoms with van der Waals surface area (Å²) < 4.78 is 1.34. The van der Waals surface area contributed by atoms with Gasteiger partial charge >= 0.3 is 0 Å². The maximum atomic E-state index is 12.5. The maximum absolute atomic E-state index is 12.5. The lowest BCUT2D eigenvalue weighted by molar-refractivity contribution is -0.121. The number of aromatic nitrogens is 2. The third-order valence-corrected chi connectivity index (χ3v) is 5.18. The lowest BCUT2D eigenvalue weighted by Crippen LogP contribution is -2.33. The molecule has 0 aliphatic rings. The van der Waals surface area contributed by atoms with E-state index >= 15 is 0 Å². The van der Waals surface area contributed by atoms with Gasteiger partial charge in [-0.2, -0.15) is 0 Å². The fourth-order valence-corrected chi connectivity index (χ4v) is 3.52. The molecule has 5 nitrogen and oxygen atoms in total. The summed E-state index contributed by atoms with van der Waals surface area (Å²) in [6.45, 7) is 4.84. The lowest BCUT2D eigenvalue weighted by atomic mass is 9.86. The van der Waals surface area contributed by atoms with Crippen molar-refractivity contribution in [1.82, 2.24) is 14.9 Å². The summed E-state index contributed by atoms with van der Waals surface area (Å²) in [5, 5.41) is 4.15. The molecule has 1 amide bonds. The summed E-state index contributed by atoms with van der Waals surface area (Å²) in [5.41, 5.74) is 1.64. The van der Waals surface area contributed by atoms with Gasteiger partial charge in [0.15, 0.2) is 0 Å². The van der Waals surface area contributed by atoms with Crippen LogP contribution in [0.4, 0.5) is 0 Å². The number of nitrogens with one attached hydrogen (secondary N) is 1. The van der Waals surface area contributed by atoms with Crippen molar-refractivity contribution in [3.63, 3.8) is 0 Å². The van der Waals surface area contributed by atoms with E-state index in [9.17, 15) is 9.59 Å². The van der Waals surface area contributed by atoms with Gasteiger partial charge in [0.2, 0.25) is 5.91 Å². The number of rotatable bonds is 7. The van der Waals surface area contributed by atoms with Crippen molar-refractivity contribution < 1.29 is 4.79 Å². The van der Waals surface area contributed by atoms with E-state index in [4.69, 9.17) is 11.6 Å². The van der Waals surface area contributed by atoms with Crippen LogP contribution in [0, 0.1) is 5.92 Å². The van der Waals surface area contributed by atoms with Crippen LogP contribution >= 0.6 is 11.6 Å². The van der Waals surface area contributed by atoms with Crippen molar-refractivity contribution in [1.29, 1.82) is 0 Å². The summed E-state index contributed by atoms with van der Waals surface area (Å²) in [5.74, 6) is 0.561. The molecule has 0 saturated carbocycles. The van der Waals surface area contributed by atoms with Crippen LogP contribution in [0.5, 0.6) is 0 Å². The minimum atomic E-state index is -0.207. The number of nitrogens with zero attached hydrogens (tertiary/aromatic N) is 2. The molecule has 146 valence electrons. The summed E-state index contributed by atoms with van der Waals surface area (Å²) >= 11 is 5.98. The normalized spacial score (nSPS) is 12.3. The molecule has 1 atom stereocenters. The molecular formula is C22H24ClN3O2. The first-order valence-electron chi connectivity index (χ1n) is 9.42. The molecular weight excluding hydrogens is 374 g/mol. The van der Waals surface area contributed by atoms with Gasteiger partial charge in [0, 0.05) is 11.6 Å². The van der Waals surface area contributed by atoms with Crippen molar-refractivity contribution in [2.75, 3.05) is 6.54 Å². The standard InChI is InChI=1S/C22H24ClN3O2/c1-15(2)18(16-7-9-17(23)10-8-16)11-12-24-21(27)13-26-14-25-20-6-4-3-5-19(20)22(26)28/h3-10,14-15,18H,11-13H2,1-2H3,(H,24,27). The van der Waals surface area contributed by atoms with E-state index in [1.54, 1.807) is 18.2 Å². The molecule has 28 heavy (non-hydrogen) atoms. The number of carbonyl (C=O) groups is 1. The molecule has 0 aliphatic carbocycles. The monoisotopic (exact) mass is 397 g/mol. The Morgan fingerprint density at radius 1 is 1.14 bits per heavy atom. The number of hydrogen-bond acceptors (Lipinski definition) is 3. The van der Waals surface area contributed by atoms with Crippen molar-refractivity contribution in [2.24, 2.45) is 5.92 Å². The first-order chi connectivity index (χ1) is 13.5. The van der Waals surface area contributed by atoms with Crippen LogP contribution in [0.15, 0.2) is 59.7 Å². The predicted molar refractivity (Wildman–Crippen MR) is 113 cm³/mol. The van der Waals surface area contributed by atoms with Gasteiger partial charge in [-0.25, -0.2) is 4.98 Å². The van der Waals surface area contributed by atoms with E-state index in [0.29, 0.717) is 34.3 Å². The Kier molecular flexibility index (Phi) is 6.47. The van der Waals surface area contributed by atoms with Crippen molar-refractivity contribution in [2.45, 2.75) is 32.7 Å². The quantitative estimate of drug-likeness (QED) is 0.655. The second kappa shape index (κ2) is 9.02. The van der Waals surface area contributed by atoms with Crippen molar-refractivity contribution in [3.8, 4) is 0 Å². The number of halogens is 1. The highest BCUT2D eigenvalue weighted by atomic mass is 35.5. The molecule has 3 aromatic rings. The van der Waals surface area contributed by atoms with Gasteiger partial charge in [0.05, 0.1) is 17.2 Å². The average molecular weight is 398 g/mol. The van der Waals surface area contributed by atoms with E-state index in [-0.39, 0.29) is 18.0 Å². The zero-order valence-corrected chi connectivity index (χ0v) is 16.8. The molecule has 0 saturated heterocycles. The van der Waals surface area contributed by atoms with Crippen molar-refractivity contribution >= 4 is 28.4 Å². The van der Waals surface area contributed by atoms with Gasteiger partial charge in [0.25, 0.3) is 5.56 Å². The van der Waals surface area contributed by atoms with E-state index in [1.165, 1.54) is 16.5 Å². The molecule has 0 spiro atoms. The van der Waals surface area contributed by atoms with E-state index in [2.05, 4.69) is 24.1 Å². The molecule has 1 heterocycles. The zero-order valence-electron chi connectivity index (χ0n) is 16.1. The van der Waals surface area contributed by atoms with Crippen LogP contribution in [-0.4, -0.2) is 22.0 Å². The molecule has 0 radical (unpaired) electrons. The van der Waals surface area contributed by atoms with Gasteiger partial charge in [-0.15, -0.1) is 0 Å². The minimum Gasteiger partial charge on any atom is -0.355 e. The molecule has 6 heteroatoms. The van der Waals surface area contributed by atoms with Crippen LogP contribution in [0.3, 0.4) is 0 Å². The van der Waals surface area contributed by atoms with E-state index < -0.39 is 0 Å². The number of para-hydroxylation sites is 1. The fourth-order valence-electron chi connectivity index (χ4n) is 3.39. The molecule has 1 aromatic heterocycles. The Morgan fingerprint density at radius 3 is 2.57 bits per heavy atom. The molecule has 3 rings (SSSR count). The van der Waals surface area contributed by atoms with Crippen LogP contribution < -0.4 is 10.9 Å². The largest absolute Gasteiger partial charge is 0.355 e. The van der Waals surface area contributed by atoms with Crippen LogP contribution in [0.1, 0.15) is 31.7 Å². The molecule has 1 unspecified atom stereocenters. The SMILES string of the molecule is CC(C)C(CCNC(=O)Cn1cnc2ccccc2c1=O)c1ccc(Cl)cc1. The molecule has 1 N–H and O–H groups in total. The van der Waals surface area contributed by atoms with Crippen LogP contribution in [0.2, 0.25) is 5.02 Å². The molecule has 0 aliphatic heterocycles. The predicted octanol–water partition coefficient (Wildman–Crippen LogP) is 4.00. The average Bonchev–Trinajstić information content (AvgIpc) is 2.68.